The number of nitrogens with one attached hydrogen (secondary N) is 1. The lowest BCUT2D eigenvalue weighted by Crippen LogP contribution is -2.34. The second-order valence-electron chi connectivity index (χ2n) is 6.54. The zero-order valence-electron chi connectivity index (χ0n) is 16.2. The molecule has 3 aromatic rings. The van der Waals surface area contributed by atoms with Crippen molar-refractivity contribution in [2.24, 2.45) is 0 Å². The van der Waals surface area contributed by atoms with Gasteiger partial charge in [-0.3, -0.25) is 14.4 Å². The largest absolute Gasteiger partial charge is 0.454 e. The van der Waals surface area contributed by atoms with E-state index < -0.39 is 5.97 Å². The molecule has 2 aromatic carbocycles. The molecule has 0 saturated heterocycles. The molecule has 0 radical (unpaired) electrons. The minimum Gasteiger partial charge on any atom is -0.454 e. The summed E-state index contributed by atoms with van der Waals surface area (Å²) in [5, 5.41) is 3.29. The highest BCUT2D eigenvalue weighted by molar-refractivity contribution is 7.18. The monoisotopic (exact) mass is 411 g/mol. The summed E-state index contributed by atoms with van der Waals surface area (Å²) in [6.07, 6.45) is 0. The first-order valence-corrected chi connectivity index (χ1v) is 9.83. The summed E-state index contributed by atoms with van der Waals surface area (Å²) in [4.78, 5) is 42.0. The van der Waals surface area contributed by atoms with Gasteiger partial charge in [0.1, 0.15) is 11.6 Å². The van der Waals surface area contributed by atoms with Crippen molar-refractivity contribution >= 4 is 39.3 Å². The van der Waals surface area contributed by atoms with E-state index in [2.05, 4.69) is 10.3 Å². The Morgan fingerprint density at radius 3 is 2.69 bits per heavy atom. The van der Waals surface area contributed by atoms with E-state index in [1.807, 2.05) is 37.3 Å². The molecular weight excluding hydrogens is 390 g/mol. The van der Waals surface area contributed by atoms with Crippen LogP contribution in [0.3, 0.4) is 0 Å². The van der Waals surface area contributed by atoms with E-state index in [0.29, 0.717) is 12.1 Å². The molecule has 0 saturated carbocycles. The number of esters is 1. The SMILES string of the molecule is Cc1cccc(C(=O)NCC(=O)OCC(=O)N(C)Cc2nc3ccccc3s2)c1. The summed E-state index contributed by atoms with van der Waals surface area (Å²) in [5.41, 5.74) is 2.30. The van der Waals surface area contributed by atoms with Gasteiger partial charge in [0, 0.05) is 12.6 Å². The number of rotatable bonds is 7. The Hall–Kier alpha value is -3.26. The number of carbonyl (C=O) groups excluding carboxylic acids is 3. The van der Waals surface area contributed by atoms with Gasteiger partial charge in [-0.15, -0.1) is 11.3 Å². The third-order valence-electron chi connectivity index (χ3n) is 4.17. The highest BCUT2D eigenvalue weighted by Crippen LogP contribution is 2.22. The van der Waals surface area contributed by atoms with E-state index in [-0.39, 0.29) is 25.0 Å². The lowest BCUT2D eigenvalue weighted by atomic mass is 10.1. The molecule has 0 bridgehead atoms. The molecule has 0 atom stereocenters. The van der Waals surface area contributed by atoms with Crippen LogP contribution in [0.2, 0.25) is 0 Å². The molecule has 0 aliphatic heterocycles. The smallest absolute Gasteiger partial charge is 0.325 e. The number of thiazole rings is 1. The number of nitrogens with zero attached hydrogens (tertiary/aromatic N) is 2. The molecule has 8 heteroatoms. The summed E-state index contributed by atoms with van der Waals surface area (Å²) in [5.74, 6) is -1.39. The van der Waals surface area contributed by atoms with Crippen LogP contribution in [0, 0.1) is 6.92 Å². The number of amides is 2. The number of hydrogen-bond donors (Lipinski definition) is 1. The van der Waals surface area contributed by atoms with Crippen LogP contribution in [0.1, 0.15) is 20.9 Å². The van der Waals surface area contributed by atoms with Crippen LogP contribution in [-0.2, 0) is 20.9 Å². The Morgan fingerprint density at radius 1 is 1.14 bits per heavy atom. The standard InChI is InChI=1S/C21H21N3O4S/c1-14-6-5-7-15(10-14)21(27)22-11-20(26)28-13-19(25)24(2)12-18-23-16-8-3-4-9-17(16)29-18/h3-10H,11-13H2,1-2H3,(H,22,27). The van der Waals surface area contributed by atoms with Gasteiger partial charge in [0.05, 0.1) is 16.8 Å². The van der Waals surface area contributed by atoms with Crippen LogP contribution < -0.4 is 5.32 Å². The first-order chi connectivity index (χ1) is 13.9. The summed E-state index contributed by atoms with van der Waals surface area (Å²) < 4.78 is 6.02. The molecule has 1 N–H and O–H groups in total. The van der Waals surface area contributed by atoms with Gasteiger partial charge in [-0.05, 0) is 31.2 Å². The van der Waals surface area contributed by atoms with Crippen LogP contribution in [-0.4, -0.2) is 47.9 Å². The van der Waals surface area contributed by atoms with E-state index in [1.165, 1.54) is 16.2 Å². The minimum absolute atomic E-state index is 0.304. The number of likely N-dealkylation sites (N-methyl/N-ethyl adjacent to an activating group) is 1. The molecule has 3 rings (SSSR count). The average molecular weight is 411 g/mol. The van der Waals surface area contributed by atoms with Gasteiger partial charge in [-0.1, -0.05) is 29.8 Å². The van der Waals surface area contributed by atoms with E-state index in [9.17, 15) is 14.4 Å². The van der Waals surface area contributed by atoms with Gasteiger partial charge < -0.3 is 15.0 Å². The van der Waals surface area contributed by atoms with Crippen LogP contribution in [0.4, 0.5) is 0 Å². The molecule has 1 aromatic heterocycles. The summed E-state index contributed by atoms with van der Waals surface area (Å²) in [6.45, 7) is 1.52. The van der Waals surface area contributed by atoms with Gasteiger partial charge in [-0.2, -0.15) is 0 Å². The van der Waals surface area contributed by atoms with Crippen molar-refractivity contribution in [1.29, 1.82) is 0 Å². The minimum atomic E-state index is -0.673. The second kappa shape index (κ2) is 9.29. The number of aromatic nitrogens is 1. The molecule has 150 valence electrons. The number of benzene rings is 2. The molecule has 0 aliphatic rings. The van der Waals surface area contributed by atoms with Crippen molar-refractivity contribution < 1.29 is 19.1 Å². The van der Waals surface area contributed by atoms with Crippen molar-refractivity contribution in [3.05, 3.63) is 64.7 Å². The van der Waals surface area contributed by atoms with Crippen molar-refractivity contribution in [1.82, 2.24) is 15.2 Å². The summed E-state index contributed by atoms with van der Waals surface area (Å²) in [6, 6.07) is 14.8. The van der Waals surface area contributed by atoms with Gasteiger partial charge in [-0.25, -0.2) is 4.98 Å². The highest BCUT2D eigenvalue weighted by Gasteiger charge is 2.15. The van der Waals surface area contributed by atoms with Gasteiger partial charge in [0.15, 0.2) is 6.61 Å². The molecule has 0 fully saturated rings. The predicted molar refractivity (Wildman–Crippen MR) is 111 cm³/mol. The molecule has 7 nitrogen and oxygen atoms in total. The molecule has 0 spiro atoms. The predicted octanol–water partition coefficient (Wildman–Crippen LogP) is 2.54. The fourth-order valence-electron chi connectivity index (χ4n) is 2.62. The number of aryl methyl sites for hydroxylation is 1. The zero-order valence-corrected chi connectivity index (χ0v) is 17.0. The van der Waals surface area contributed by atoms with Crippen LogP contribution in [0.25, 0.3) is 10.2 Å². The topological polar surface area (TPSA) is 88.6 Å². The van der Waals surface area contributed by atoms with E-state index in [0.717, 1.165) is 20.8 Å². The Morgan fingerprint density at radius 2 is 1.93 bits per heavy atom. The van der Waals surface area contributed by atoms with Crippen molar-refractivity contribution in [2.75, 3.05) is 20.2 Å². The average Bonchev–Trinajstić information content (AvgIpc) is 3.12. The summed E-state index contributed by atoms with van der Waals surface area (Å²) in [7, 11) is 1.63. The quantitative estimate of drug-likeness (QED) is 0.604. The third kappa shape index (κ3) is 5.61. The first kappa shape index (κ1) is 20.5. The number of carbonyl (C=O) groups is 3. The molecular formula is C21H21N3O4S. The Kier molecular flexibility index (Phi) is 6.56. The zero-order chi connectivity index (χ0) is 20.8. The number of ether oxygens (including phenoxy) is 1. The lowest BCUT2D eigenvalue weighted by Gasteiger charge is -2.15. The van der Waals surface area contributed by atoms with Crippen molar-refractivity contribution in [3.8, 4) is 0 Å². The van der Waals surface area contributed by atoms with Gasteiger partial charge in [0.25, 0.3) is 11.8 Å². The highest BCUT2D eigenvalue weighted by atomic mass is 32.1. The van der Waals surface area contributed by atoms with Gasteiger partial charge in [0.2, 0.25) is 0 Å². The number of para-hydroxylation sites is 1. The molecule has 1 heterocycles. The summed E-state index contributed by atoms with van der Waals surface area (Å²) >= 11 is 1.52. The third-order valence-corrected chi connectivity index (χ3v) is 5.19. The second-order valence-corrected chi connectivity index (χ2v) is 7.65. The Balaban J connectivity index is 1.43. The fraction of sp³-hybridized carbons (Fsp3) is 0.238. The maximum Gasteiger partial charge on any atom is 0.325 e. The van der Waals surface area contributed by atoms with E-state index in [4.69, 9.17) is 4.74 Å². The van der Waals surface area contributed by atoms with Crippen LogP contribution >= 0.6 is 11.3 Å². The normalized spacial score (nSPS) is 10.6. The lowest BCUT2D eigenvalue weighted by molar-refractivity contribution is -0.150. The molecule has 0 unspecified atom stereocenters. The first-order valence-electron chi connectivity index (χ1n) is 9.01. The van der Waals surface area contributed by atoms with Crippen molar-refractivity contribution in [3.63, 3.8) is 0 Å². The van der Waals surface area contributed by atoms with Crippen LogP contribution in [0.15, 0.2) is 48.5 Å². The Bertz CT molecular complexity index is 1010. The molecule has 0 aliphatic carbocycles. The van der Waals surface area contributed by atoms with Crippen LogP contribution in [0.5, 0.6) is 0 Å². The van der Waals surface area contributed by atoms with E-state index in [1.54, 1.807) is 25.2 Å². The maximum absolute atomic E-state index is 12.2. The van der Waals surface area contributed by atoms with Crippen molar-refractivity contribution in [2.45, 2.75) is 13.5 Å². The van der Waals surface area contributed by atoms with Gasteiger partial charge >= 0.3 is 5.97 Å². The maximum atomic E-state index is 12.2. The number of fused-ring (bicyclic) bond motifs is 1. The van der Waals surface area contributed by atoms with E-state index >= 15 is 0 Å². The Labute approximate surface area is 172 Å². The fourth-order valence-corrected chi connectivity index (χ4v) is 3.64. The molecule has 2 amide bonds. The number of hydrogen-bond acceptors (Lipinski definition) is 6. The molecule has 29 heavy (non-hydrogen) atoms.